The van der Waals surface area contributed by atoms with Crippen LogP contribution >= 0.6 is 0 Å². The SMILES string of the molecule is CCCCOc1nc(N)c2nc(-c3cncc(C)c3)n(Cc3cccc(CN(C)C)c3)c2n1. The summed E-state index contributed by atoms with van der Waals surface area (Å²) in [6, 6.07) is 10.9. The van der Waals surface area contributed by atoms with Crippen molar-refractivity contribution in [1.82, 2.24) is 29.4 Å². The number of ether oxygens (including phenoxy) is 1. The summed E-state index contributed by atoms with van der Waals surface area (Å²) >= 11 is 0. The first kappa shape index (κ1) is 22.7. The standard InChI is InChI=1S/C25H31N7O/c1-5-6-10-33-25-29-22(26)21-24(30-25)32(23(28-21)20-11-17(2)13-27-14-20)16-19-9-7-8-18(12-19)15-31(3)4/h7-9,11-14H,5-6,10,15-16H2,1-4H3,(H2,26,29,30). The number of fused-ring (bicyclic) bond motifs is 1. The molecule has 4 aromatic rings. The average Bonchev–Trinajstić information content (AvgIpc) is 3.13. The van der Waals surface area contributed by atoms with E-state index in [0.717, 1.165) is 41.9 Å². The van der Waals surface area contributed by atoms with Crippen molar-refractivity contribution in [3.63, 3.8) is 0 Å². The van der Waals surface area contributed by atoms with E-state index in [4.69, 9.17) is 20.4 Å². The molecule has 0 amide bonds. The third-order valence-electron chi connectivity index (χ3n) is 5.29. The minimum atomic E-state index is 0.282. The summed E-state index contributed by atoms with van der Waals surface area (Å²) < 4.78 is 7.85. The highest BCUT2D eigenvalue weighted by Gasteiger charge is 2.19. The summed E-state index contributed by atoms with van der Waals surface area (Å²) in [6.45, 7) is 6.14. The Morgan fingerprint density at radius 2 is 1.88 bits per heavy atom. The lowest BCUT2D eigenvalue weighted by Crippen LogP contribution is -2.11. The van der Waals surface area contributed by atoms with Crippen LogP contribution in [-0.4, -0.2) is 50.1 Å². The number of nitrogens with two attached hydrogens (primary N) is 1. The van der Waals surface area contributed by atoms with Crippen LogP contribution in [-0.2, 0) is 13.1 Å². The Balaban J connectivity index is 1.82. The van der Waals surface area contributed by atoms with Gasteiger partial charge >= 0.3 is 6.01 Å². The number of nitrogens with zero attached hydrogens (tertiary/aromatic N) is 6. The van der Waals surface area contributed by atoms with Crippen LogP contribution in [0.2, 0.25) is 0 Å². The highest BCUT2D eigenvalue weighted by Crippen LogP contribution is 2.29. The number of benzene rings is 1. The molecule has 2 N–H and O–H groups in total. The third kappa shape index (κ3) is 5.28. The molecule has 0 fully saturated rings. The van der Waals surface area contributed by atoms with Gasteiger partial charge in [0.15, 0.2) is 17.0 Å². The van der Waals surface area contributed by atoms with Gasteiger partial charge in [0.2, 0.25) is 0 Å². The van der Waals surface area contributed by atoms with Gasteiger partial charge in [-0.25, -0.2) is 4.98 Å². The molecule has 8 heteroatoms. The number of hydrogen-bond donors (Lipinski definition) is 1. The van der Waals surface area contributed by atoms with E-state index < -0.39 is 0 Å². The molecule has 1 aromatic carbocycles. The largest absolute Gasteiger partial charge is 0.463 e. The maximum atomic E-state index is 6.30. The number of hydrogen-bond acceptors (Lipinski definition) is 7. The normalized spacial score (nSPS) is 11.4. The number of aromatic nitrogens is 5. The highest BCUT2D eigenvalue weighted by atomic mass is 16.5. The molecule has 0 aliphatic carbocycles. The Kier molecular flexibility index (Phi) is 6.84. The van der Waals surface area contributed by atoms with Gasteiger partial charge in [0.1, 0.15) is 5.82 Å². The fourth-order valence-corrected chi connectivity index (χ4v) is 3.79. The quantitative estimate of drug-likeness (QED) is 0.388. The lowest BCUT2D eigenvalue weighted by Gasteiger charge is -2.13. The summed E-state index contributed by atoms with van der Waals surface area (Å²) in [7, 11) is 4.14. The van der Waals surface area contributed by atoms with E-state index in [-0.39, 0.29) is 6.01 Å². The molecule has 0 atom stereocenters. The van der Waals surface area contributed by atoms with E-state index in [1.165, 1.54) is 5.56 Å². The first-order valence-electron chi connectivity index (χ1n) is 11.3. The van der Waals surface area contributed by atoms with Crippen LogP contribution in [0.15, 0.2) is 42.7 Å². The van der Waals surface area contributed by atoms with E-state index in [9.17, 15) is 0 Å². The second-order valence-corrected chi connectivity index (χ2v) is 8.60. The van der Waals surface area contributed by atoms with Crippen molar-refractivity contribution in [2.75, 3.05) is 26.4 Å². The summed E-state index contributed by atoms with van der Waals surface area (Å²) in [4.78, 5) is 20.4. The predicted molar refractivity (Wildman–Crippen MR) is 131 cm³/mol. The summed E-state index contributed by atoms with van der Waals surface area (Å²) in [5.74, 6) is 1.07. The van der Waals surface area contributed by atoms with Crippen LogP contribution in [0.4, 0.5) is 5.82 Å². The van der Waals surface area contributed by atoms with Crippen molar-refractivity contribution in [3.05, 3.63) is 59.4 Å². The number of anilines is 1. The predicted octanol–water partition coefficient (Wildman–Crippen LogP) is 4.07. The number of unbranched alkanes of at least 4 members (excludes halogenated alkanes) is 1. The van der Waals surface area contributed by atoms with Crippen LogP contribution in [0, 0.1) is 6.92 Å². The maximum Gasteiger partial charge on any atom is 0.320 e. The van der Waals surface area contributed by atoms with E-state index in [1.54, 1.807) is 0 Å². The van der Waals surface area contributed by atoms with Gasteiger partial charge in [0.25, 0.3) is 0 Å². The second kappa shape index (κ2) is 9.95. The number of nitrogen functional groups attached to an aromatic ring is 1. The van der Waals surface area contributed by atoms with Gasteiger partial charge in [-0.15, -0.1) is 0 Å². The molecule has 4 rings (SSSR count). The van der Waals surface area contributed by atoms with E-state index >= 15 is 0 Å². The van der Waals surface area contributed by atoms with Crippen LogP contribution in [0.3, 0.4) is 0 Å². The molecular formula is C25H31N7O. The molecule has 0 unspecified atom stereocenters. The molecule has 0 radical (unpaired) electrons. The van der Waals surface area contributed by atoms with E-state index in [2.05, 4.69) is 70.8 Å². The molecule has 3 heterocycles. The fourth-order valence-electron chi connectivity index (χ4n) is 3.79. The number of imidazole rings is 1. The molecule has 3 aromatic heterocycles. The van der Waals surface area contributed by atoms with Gasteiger partial charge in [-0.05, 0) is 50.2 Å². The smallest absolute Gasteiger partial charge is 0.320 e. The maximum absolute atomic E-state index is 6.30. The van der Waals surface area contributed by atoms with Gasteiger partial charge in [0.05, 0.1) is 13.2 Å². The van der Waals surface area contributed by atoms with E-state index in [1.807, 2.05) is 19.3 Å². The lowest BCUT2D eigenvalue weighted by atomic mass is 10.1. The van der Waals surface area contributed by atoms with Crippen molar-refractivity contribution in [2.24, 2.45) is 0 Å². The molecule has 0 aliphatic heterocycles. The van der Waals surface area contributed by atoms with Crippen molar-refractivity contribution in [1.29, 1.82) is 0 Å². The van der Waals surface area contributed by atoms with Crippen LogP contribution in [0.5, 0.6) is 6.01 Å². The Morgan fingerprint density at radius 3 is 2.64 bits per heavy atom. The molecular weight excluding hydrogens is 414 g/mol. The Bertz CT molecular complexity index is 1250. The lowest BCUT2D eigenvalue weighted by molar-refractivity contribution is 0.286. The molecule has 0 saturated carbocycles. The molecule has 0 spiro atoms. The molecule has 0 saturated heterocycles. The Hall–Kier alpha value is -3.52. The van der Waals surface area contributed by atoms with Crippen molar-refractivity contribution in [3.8, 4) is 17.4 Å². The molecule has 0 bridgehead atoms. The van der Waals surface area contributed by atoms with Gasteiger partial charge < -0.3 is 19.9 Å². The minimum absolute atomic E-state index is 0.282. The summed E-state index contributed by atoms with van der Waals surface area (Å²) in [6.07, 6.45) is 5.60. The van der Waals surface area contributed by atoms with Gasteiger partial charge in [-0.3, -0.25) is 4.98 Å². The van der Waals surface area contributed by atoms with Crippen LogP contribution in [0.25, 0.3) is 22.6 Å². The van der Waals surface area contributed by atoms with Gasteiger partial charge in [-0.1, -0.05) is 37.6 Å². The van der Waals surface area contributed by atoms with Crippen molar-refractivity contribution < 1.29 is 4.74 Å². The first-order chi connectivity index (χ1) is 15.9. The zero-order valence-electron chi connectivity index (χ0n) is 19.7. The van der Waals surface area contributed by atoms with Crippen LogP contribution < -0.4 is 10.5 Å². The number of aryl methyl sites for hydroxylation is 1. The van der Waals surface area contributed by atoms with Crippen molar-refractivity contribution >= 4 is 17.0 Å². The van der Waals surface area contributed by atoms with Gasteiger partial charge in [0, 0.05) is 24.5 Å². The zero-order chi connectivity index (χ0) is 23.4. The monoisotopic (exact) mass is 445 g/mol. The first-order valence-corrected chi connectivity index (χ1v) is 11.3. The molecule has 8 nitrogen and oxygen atoms in total. The molecule has 172 valence electrons. The summed E-state index contributed by atoms with van der Waals surface area (Å²) in [5, 5.41) is 0. The van der Waals surface area contributed by atoms with Crippen LogP contribution in [0.1, 0.15) is 36.5 Å². The Morgan fingerprint density at radius 1 is 1.06 bits per heavy atom. The zero-order valence-corrected chi connectivity index (χ0v) is 19.7. The Labute approximate surface area is 194 Å². The minimum Gasteiger partial charge on any atom is -0.463 e. The topological polar surface area (TPSA) is 95.0 Å². The van der Waals surface area contributed by atoms with E-state index in [0.29, 0.717) is 30.1 Å². The highest BCUT2D eigenvalue weighted by molar-refractivity contribution is 5.86. The van der Waals surface area contributed by atoms with Crippen molar-refractivity contribution in [2.45, 2.75) is 39.8 Å². The molecule has 33 heavy (non-hydrogen) atoms. The fraction of sp³-hybridized carbons (Fsp3) is 0.360. The van der Waals surface area contributed by atoms with Gasteiger partial charge in [-0.2, -0.15) is 9.97 Å². The number of pyridine rings is 1. The molecule has 0 aliphatic rings. The number of rotatable bonds is 9. The average molecular weight is 446 g/mol. The summed E-state index contributed by atoms with van der Waals surface area (Å²) in [5.41, 5.74) is 11.9. The third-order valence-corrected chi connectivity index (χ3v) is 5.29. The second-order valence-electron chi connectivity index (χ2n) is 8.60.